The summed E-state index contributed by atoms with van der Waals surface area (Å²) < 4.78 is 5.49. The number of hydrogen-bond donors (Lipinski definition) is 1. The van der Waals surface area contributed by atoms with Crippen molar-refractivity contribution in [2.24, 2.45) is 5.92 Å². The van der Waals surface area contributed by atoms with Gasteiger partial charge in [-0.15, -0.1) is 0 Å². The first-order chi connectivity index (χ1) is 7.59. The van der Waals surface area contributed by atoms with Gasteiger partial charge in [0, 0.05) is 17.7 Å². The van der Waals surface area contributed by atoms with Crippen LogP contribution in [0.2, 0.25) is 0 Å². The second-order valence-electron chi connectivity index (χ2n) is 4.22. The first-order valence-electron chi connectivity index (χ1n) is 5.43. The van der Waals surface area contributed by atoms with Crippen LogP contribution in [0.5, 0.6) is 5.75 Å². The molecule has 0 spiro atoms. The molecule has 0 unspecified atom stereocenters. The number of rotatable bonds is 1. The number of carbonyl (C=O) groups excluding carboxylic acids is 1. The third-order valence-electron chi connectivity index (χ3n) is 2.61. The van der Waals surface area contributed by atoms with Crippen molar-refractivity contribution in [1.29, 1.82) is 0 Å². The molecule has 2 N–H and O–H groups in total. The van der Waals surface area contributed by atoms with Crippen LogP contribution < -0.4 is 15.4 Å². The van der Waals surface area contributed by atoms with Crippen LogP contribution in [0.25, 0.3) is 0 Å². The first-order valence-corrected chi connectivity index (χ1v) is 5.43. The average Bonchev–Trinajstić information content (AvgIpc) is 2.26. The van der Waals surface area contributed by atoms with Crippen LogP contribution in [-0.2, 0) is 4.79 Å². The van der Waals surface area contributed by atoms with E-state index in [-0.39, 0.29) is 11.8 Å². The Balaban J connectivity index is 2.37. The molecule has 1 aliphatic heterocycles. The molecule has 1 heterocycles. The zero-order valence-corrected chi connectivity index (χ0v) is 9.56. The number of carbonyl (C=O) groups is 1. The van der Waals surface area contributed by atoms with E-state index in [4.69, 9.17) is 10.5 Å². The highest BCUT2D eigenvalue weighted by Gasteiger charge is 2.25. The summed E-state index contributed by atoms with van der Waals surface area (Å²) in [7, 11) is 0. The summed E-state index contributed by atoms with van der Waals surface area (Å²) in [6, 6.07) is 5.38. The number of fused-ring (bicyclic) bond motifs is 1. The maximum atomic E-state index is 12.0. The van der Waals surface area contributed by atoms with Crippen molar-refractivity contribution in [3.63, 3.8) is 0 Å². The molecular weight excluding hydrogens is 204 g/mol. The third-order valence-corrected chi connectivity index (χ3v) is 2.61. The Bertz CT molecular complexity index is 415. The number of amides is 1. The predicted octanol–water partition coefficient (Wildman–Crippen LogP) is 1.65. The maximum Gasteiger partial charge on any atom is 0.229 e. The molecule has 2 rings (SSSR count). The SMILES string of the molecule is CC(C)C(=O)N1CCOc2cc(N)ccc21. The topological polar surface area (TPSA) is 55.6 Å². The number of nitrogens with zero attached hydrogens (tertiary/aromatic N) is 1. The van der Waals surface area contributed by atoms with Crippen molar-refractivity contribution in [2.75, 3.05) is 23.8 Å². The van der Waals surface area contributed by atoms with Gasteiger partial charge in [0.25, 0.3) is 0 Å². The van der Waals surface area contributed by atoms with Crippen molar-refractivity contribution >= 4 is 17.3 Å². The van der Waals surface area contributed by atoms with Crippen molar-refractivity contribution in [3.05, 3.63) is 18.2 Å². The summed E-state index contributed by atoms with van der Waals surface area (Å²) in [6.07, 6.45) is 0. The lowest BCUT2D eigenvalue weighted by atomic mass is 10.1. The standard InChI is InChI=1S/C12H16N2O2/c1-8(2)12(15)14-5-6-16-11-7-9(13)3-4-10(11)14/h3-4,7-8H,5-6,13H2,1-2H3. The predicted molar refractivity (Wildman–Crippen MR) is 63.5 cm³/mol. The van der Waals surface area contributed by atoms with Crippen molar-refractivity contribution in [3.8, 4) is 5.75 Å². The third kappa shape index (κ3) is 1.83. The van der Waals surface area contributed by atoms with Gasteiger partial charge in [0.05, 0.1) is 12.2 Å². The van der Waals surface area contributed by atoms with E-state index in [1.807, 2.05) is 19.9 Å². The Morgan fingerprint density at radius 1 is 1.50 bits per heavy atom. The number of ether oxygens (including phenoxy) is 1. The minimum atomic E-state index is -0.0106. The molecule has 1 aliphatic rings. The second kappa shape index (κ2) is 4.04. The summed E-state index contributed by atoms with van der Waals surface area (Å²) >= 11 is 0. The lowest BCUT2D eigenvalue weighted by molar-refractivity contribution is -0.121. The fourth-order valence-corrected chi connectivity index (χ4v) is 1.78. The molecule has 0 aliphatic carbocycles. The Labute approximate surface area is 95.0 Å². The lowest BCUT2D eigenvalue weighted by Gasteiger charge is -2.30. The maximum absolute atomic E-state index is 12.0. The van der Waals surface area contributed by atoms with Crippen LogP contribution in [0.15, 0.2) is 18.2 Å². The van der Waals surface area contributed by atoms with E-state index in [9.17, 15) is 4.79 Å². The fourth-order valence-electron chi connectivity index (χ4n) is 1.78. The van der Waals surface area contributed by atoms with Gasteiger partial charge in [-0.25, -0.2) is 0 Å². The number of benzene rings is 1. The number of anilines is 2. The van der Waals surface area contributed by atoms with Crippen molar-refractivity contribution in [2.45, 2.75) is 13.8 Å². The normalized spacial score (nSPS) is 14.6. The minimum absolute atomic E-state index is 0.0106. The van der Waals surface area contributed by atoms with Gasteiger partial charge in [-0.2, -0.15) is 0 Å². The molecule has 0 radical (unpaired) electrons. The molecule has 4 nitrogen and oxygen atoms in total. The molecule has 16 heavy (non-hydrogen) atoms. The second-order valence-corrected chi connectivity index (χ2v) is 4.22. The zero-order chi connectivity index (χ0) is 11.7. The minimum Gasteiger partial charge on any atom is -0.489 e. The molecule has 0 fully saturated rings. The highest BCUT2D eigenvalue weighted by atomic mass is 16.5. The van der Waals surface area contributed by atoms with E-state index in [0.717, 1.165) is 5.69 Å². The van der Waals surface area contributed by atoms with Gasteiger partial charge < -0.3 is 15.4 Å². The molecular formula is C12H16N2O2. The highest BCUT2D eigenvalue weighted by Crippen LogP contribution is 2.33. The average molecular weight is 220 g/mol. The molecule has 1 aromatic rings. The fraction of sp³-hybridized carbons (Fsp3) is 0.417. The Morgan fingerprint density at radius 2 is 2.25 bits per heavy atom. The smallest absolute Gasteiger partial charge is 0.229 e. The Kier molecular flexibility index (Phi) is 2.73. The first kappa shape index (κ1) is 10.8. The monoisotopic (exact) mass is 220 g/mol. The van der Waals surface area contributed by atoms with Crippen LogP contribution in [0.1, 0.15) is 13.8 Å². The summed E-state index contributed by atoms with van der Waals surface area (Å²) in [5.41, 5.74) is 7.15. The zero-order valence-electron chi connectivity index (χ0n) is 9.56. The molecule has 0 saturated heterocycles. The molecule has 0 saturated carbocycles. The van der Waals surface area contributed by atoms with Gasteiger partial charge >= 0.3 is 0 Å². The van der Waals surface area contributed by atoms with Gasteiger partial charge in [-0.1, -0.05) is 13.8 Å². The quantitative estimate of drug-likeness (QED) is 0.732. The molecule has 4 heteroatoms. The van der Waals surface area contributed by atoms with E-state index in [1.54, 1.807) is 17.0 Å². The van der Waals surface area contributed by atoms with Crippen LogP contribution in [0, 0.1) is 5.92 Å². The largest absolute Gasteiger partial charge is 0.489 e. The Morgan fingerprint density at radius 3 is 2.94 bits per heavy atom. The summed E-state index contributed by atoms with van der Waals surface area (Å²) in [4.78, 5) is 13.8. The van der Waals surface area contributed by atoms with Crippen LogP contribution in [0.4, 0.5) is 11.4 Å². The van der Waals surface area contributed by atoms with Crippen LogP contribution in [0.3, 0.4) is 0 Å². The van der Waals surface area contributed by atoms with E-state index >= 15 is 0 Å². The summed E-state index contributed by atoms with van der Waals surface area (Å²) in [5, 5.41) is 0. The molecule has 0 bridgehead atoms. The number of nitrogen functional groups attached to an aromatic ring is 1. The summed E-state index contributed by atoms with van der Waals surface area (Å²) in [5.74, 6) is 0.804. The van der Waals surface area contributed by atoms with E-state index in [1.165, 1.54) is 0 Å². The molecule has 0 atom stereocenters. The van der Waals surface area contributed by atoms with Gasteiger partial charge in [-0.3, -0.25) is 4.79 Å². The molecule has 86 valence electrons. The van der Waals surface area contributed by atoms with E-state index in [2.05, 4.69) is 0 Å². The van der Waals surface area contributed by atoms with Gasteiger partial charge in [0.2, 0.25) is 5.91 Å². The van der Waals surface area contributed by atoms with E-state index < -0.39 is 0 Å². The van der Waals surface area contributed by atoms with Crippen molar-refractivity contribution in [1.82, 2.24) is 0 Å². The molecule has 1 amide bonds. The molecule has 1 aromatic carbocycles. The van der Waals surface area contributed by atoms with Gasteiger partial charge in [0.15, 0.2) is 0 Å². The Hall–Kier alpha value is -1.71. The highest BCUT2D eigenvalue weighted by molar-refractivity contribution is 5.96. The van der Waals surface area contributed by atoms with Crippen molar-refractivity contribution < 1.29 is 9.53 Å². The van der Waals surface area contributed by atoms with Gasteiger partial charge in [0.1, 0.15) is 12.4 Å². The summed E-state index contributed by atoms with van der Waals surface area (Å²) in [6.45, 7) is 4.92. The van der Waals surface area contributed by atoms with Gasteiger partial charge in [-0.05, 0) is 12.1 Å². The lowest BCUT2D eigenvalue weighted by Crippen LogP contribution is -2.40. The van der Waals surface area contributed by atoms with Crippen LogP contribution in [-0.4, -0.2) is 19.1 Å². The van der Waals surface area contributed by atoms with Crippen LogP contribution >= 0.6 is 0 Å². The molecule has 0 aromatic heterocycles. The number of nitrogens with two attached hydrogens (primary N) is 1. The number of hydrogen-bond acceptors (Lipinski definition) is 3. The van der Waals surface area contributed by atoms with E-state index in [0.29, 0.717) is 24.6 Å².